The second-order valence-electron chi connectivity index (χ2n) is 4.51. The number of methoxy groups -OCH3 is 1. The number of aromatic nitrogens is 2. The molecule has 3 rings (SSSR count). The van der Waals surface area contributed by atoms with Crippen molar-refractivity contribution >= 4 is 26.7 Å². The highest BCUT2D eigenvalue weighted by Crippen LogP contribution is 2.29. The zero-order valence-electron chi connectivity index (χ0n) is 11.6. The average Bonchev–Trinajstić information content (AvgIpc) is 2.99. The molecular formula is C14H15N3O2S. The molecule has 0 aliphatic carbocycles. The maximum absolute atomic E-state index is 5.22. The molecule has 0 spiro atoms. The normalized spacial score (nSPS) is 10.9. The number of nitrogens with zero attached hydrogens (tertiary/aromatic N) is 2. The van der Waals surface area contributed by atoms with Crippen LogP contribution in [0.15, 0.2) is 22.7 Å². The van der Waals surface area contributed by atoms with Crippen LogP contribution in [0.4, 0.5) is 5.13 Å². The highest BCUT2D eigenvalue weighted by atomic mass is 32.1. The summed E-state index contributed by atoms with van der Waals surface area (Å²) in [6, 6.07) is 5.87. The van der Waals surface area contributed by atoms with E-state index in [0.717, 1.165) is 38.1 Å². The van der Waals surface area contributed by atoms with Gasteiger partial charge in [0.05, 0.1) is 23.0 Å². The van der Waals surface area contributed by atoms with E-state index in [1.54, 1.807) is 18.4 Å². The van der Waals surface area contributed by atoms with Crippen molar-refractivity contribution in [3.05, 3.63) is 35.2 Å². The fraction of sp³-hybridized carbons (Fsp3) is 0.286. The number of hydrogen-bond acceptors (Lipinski definition) is 6. The van der Waals surface area contributed by atoms with Crippen LogP contribution in [0.2, 0.25) is 0 Å². The van der Waals surface area contributed by atoms with Crippen LogP contribution in [0.25, 0.3) is 10.2 Å². The number of nitrogens with one attached hydrogen (secondary N) is 1. The van der Waals surface area contributed by atoms with Crippen LogP contribution in [0, 0.1) is 13.8 Å². The highest BCUT2D eigenvalue weighted by Gasteiger charge is 2.10. The van der Waals surface area contributed by atoms with E-state index in [1.807, 2.05) is 32.0 Å². The molecule has 0 fully saturated rings. The lowest BCUT2D eigenvalue weighted by Crippen LogP contribution is -2.00. The minimum atomic E-state index is 0.665. The Bertz CT molecular complexity index is 729. The summed E-state index contributed by atoms with van der Waals surface area (Å²) < 4.78 is 11.5. The minimum absolute atomic E-state index is 0.665. The van der Waals surface area contributed by atoms with E-state index in [1.165, 1.54) is 0 Å². The van der Waals surface area contributed by atoms with Crippen LogP contribution in [-0.4, -0.2) is 17.3 Å². The van der Waals surface area contributed by atoms with E-state index in [4.69, 9.17) is 9.26 Å². The molecule has 20 heavy (non-hydrogen) atoms. The Labute approximate surface area is 120 Å². The lowest BCUT2D eigenvalue weighted by atomic mass is 10.2. The molecule has 2 heterocycles. The number of fused-ring (bicyclic) bond motifs is 1. The van der Waals surface area contributed by atoms with Gasteiger partial charge in [-0.2, -0.15) is 0 Å². The van der Waals surface area contributed by atoms with Gasteiger partial charge < -0.3 is 14.6 Å². The van der Waals surface area contributed by atoms with Crippen molar-refractivity contribution in [2.75, 3.05) is 12.4 Å². The first-order valence-corrected chi connectivity index (χ1v) is 7.09. The van der Waals surface area contributed by atoms with E-state index in [9.17, 15) is 0 Å². The topological polar surface area (TPSA) is 60.2 Å². The van der Waals surface area contributed by atoms with Crippen molar-refractivity contribution < 1.29 is 9.26 Å². The number of thiazole rings is 1. The van der Waals surface area contributed by atoms with Crippen molar-refractivity contribution in [1.82, 2.24) is 10.1 Å². The van der Waals surface area contributed by atoms with E-state index in [0.29, 0.717) is 6.54 Å². The number of rotatable bonds is 4. The van der Waals surface area contributed by atoms with Gasteiger partial charge in [0.1, 0.15) is 11.5 Å². The molecule has 1 N–H and O–H groups in total. The number of benzene rings is 1. The summed E-state index contributed by atoms with van der Waals surface area (Å²) in [5.74, 6) is 1.69. The van der Waals surface area contributed by atoms with E-state index >= 15 is 0 Å². The molecule has 2 aromatic heterocycles. The molecule has 0 radical (unpaired) electrons. The van der Waals surface area contributed by atoms with Crippen molar-refractivity contribution in [3.8, 4) is 5.75 Å². The molecule has 5 nitrogen and oxygen atoms in total. The molecule has 0 atom stereocenters. The summed E-state index contributed by atoms with van der Waals surface area (Å²) in [6.07, 6.45) is 0. The van der Waals surface area contributed by atoms with Crippen molar-refractivity contribution in [2.45, 2.75) is 20.4 Å². The third kappa shape index (κ3) is 2.34. The maximum atomic E-state index is 5.22. The van der Waals surface area contributed by atoms with E-state index in [2.05, 4.69) is 15.5 Å². The van der Waals surface area contributed by atoms with Crippen molar-refractivity contribution in [2.24, 2.45) is 0 Å². The molecule has 6 heteroatoms. The minimum Gasteiger partial charge on any atom is -0.497 e. The van der Waals surface area contributed by atoms with Crippen molar-refractivity contribution in [1.29, 1.82) is 0 Å². The average molecular weight is 289 g/mol. The molecule has 0 aliphatic rings. The molecule has 3 aromatic rings. The van der Waals surface area contributed by atoms with Gasteiger partial charge in [-0.3, -0.25) is 0 Å². The Morgan fingerprint density at radius 1 is 1.35 bits per heavy atom. The maximum Gasteiger partial charge on any atom is 0.184 e. The SMILES string of the molecule is COc1ccc2nc(NCc3c(C)noc3C)sc2c1. The Morgan fingerprint density at radius 2 is 2.20 bits per heavy atom. The first kappa shape index (κ1) is 12.9. The van der Waals surface area contributed by atoms with Gasteiger partial charge in [0.2, 0.25) is 0 Å². The monoisotopic (exact) mass is 289 g/mol. The van der Waals surface area contributed by atoms with Gasteiger partial charge in [-0.1, -0.05) is 16.5 Å². The van der Waals surface area contributed by atoms with Crippen LogP contribution in [0.1, 0.15) is 17.0 Å². The number of aryl methyl sites for hydroxylation is 2. The lowest BCUT2D eigenvalue weighted by Gasteiger charge is -2.00. The first-order valence-electron chi connectivity index (χ1n) is 6.27. The van der Waals surface area contributed by atoms with Gasteiger partial charge >= 0.3 is 0 Å². The van der Waals surface area contributed by atoms with E-state index < -0.39 is 0 Å². The molecule has 0 saturated heterocycles. The molecule has 0 amide bonds. The van der Waals surface area contributed by atoms with Crippen LogP contribution in [0.3, 0.4) is 0 Å². The van der Waals surface area contributed by atoms with E-state index in [-0.39, 0.29) is 0 Å². The fourth-order valence-corrected chi connectivity index (χ4v) is 2.92. The molecule has 0 aliphatic heterocycles. The Kier molecular flexibility index (Phi) is 3.31. The van der Waals surface area contributed by atoms with Gasteiger partial charge in [0.25, 0.3) is 0 Å². The molecule has 104 valence electrons. The van der Waals surface area contributed by atoms with Gasteiger partial charge in [-0.25, -0.2) is 4.98 Å². The zero-order chi connectivity index (χ0) is 14.1. The largest absolute Gasteiger partial charge is 0.497 e. The third-order valence-electron chi connectivity index (χ3n) is 3.19. The second-order valence-corrected chi connectivity index (χ2v) is 5.54. The fourth-order valence-electron chi connectivity index (χ4n) is 2.03. The first-order chi connectivity index (χ1) is 9.67. The zero-order valence-corrected chi connectivity index (χ0v) is 12.4. The van der Waals surface area contributed by atoms with Gasteiger partial charge in [0, 0.05) is 12.1 Å². The molecular weight excluding hydrogens is 274 g/mol. The van der Waals surface area contributed by atoms with Gasteiger partial charge in [-0.15, -0.1) is 0 Å². The predicted octanol–water partition coefficient (Wildman–Crippen LogP) is 3.52. The Hall–Kier alpha value is -2.08. The molecule has 0 bridgehead atoms. The lowest BCUT2D eigenvalue weighted by molar-refractivity contribution is 0.392. The summed E-state index contributed by atoms with van der Waals surface area (Å²) >= 11 is 1.61. The van der Waals surface area contributed by atoms with Crippen LogP contribution in [-0.2, 0) is 6.54 Å². The highest BCUT2D eigenvalue weighted by molar-refractivity contribution is 7.22. The standard InChI is InChI=1S/C14H15N3O2S/c1-8-11(9(2)19-17-8)7-15-14-16-12-5-4-10(18-3)6-13(12)20-14/h4-6H,7H2,1-3H3,(H,15,16). The summed E-state index contributed by atoms with van der Waals surface area (Å²) in [7, 11) is 1.67. The molecule has 1 aromatic carbocycles. The Morgan fingerprint density at radius 3 is 2.90 bits per heavy atom. The quantitative estimate of drug-likeness (QED) is 0.796. The summed E-state index contributed by atoms with van der Waals surface area (Å²) in [5, 5.41) is 8.15. The summed E-state index contributed by atoms with van der Waals surface area (Å²) in [4.78, 5) is 4.55. The number of anilines is 1. The van der Waals surface area contributed by atoms with Crippen LogP contribution >= 0.6 is 11.3 Å². The van der Waals surface area contributed by atoms with Crippen LogP contribution in [0.5, 0.6) is 5.75 Å². The van der Waals surface area contributed by atoms with Gasteiger partial charge in [-0.05, 0) is 32.0 Å². The third-order valence-corrected chi connectivity index (χ3v) is 4.17. The number of ether oxygens (including phenoxy) is 1. The summed E-state index contributed by atoms with van der Waals surface area (Å²) in [5.41, 5.74) is 2.97. The predicted molar refractivity (Wildman–Crippen MR) is 79.5 cm³/mol. The number of hydrogen-bond donors (Lipinski definition) is 1. The van der Waals surface area contributed by atoms with Gasteiger partial charge in [0.15, 0.2) is 5.13 Å². The summed E-state index contributed by atoms with van der Waals surface area (Å²) in [6.45, 7) is 4.52. The second kappa shape index (κ2) is 5.13. The van der Waals surface area contributed by atoms with Crippen molar-refractivity contribution in [3.63, 3.8) is 0 Å². The Balaban J connectivity index is 1.81. The van der Waals surface area contributed by atoms with Crippen LogP contribution < -0.4 is 10.1 Å². The molecule has 0 saturated carbocycles. The molecule has 0 unspecified atom stereocenters. The smallest absolute Gasteiger partial charge is 0.184 e.